The van der Waals surface area contributed by atoms with Gasteiger partial charge >= 0.3 is 0 Å². The van der Waals surface area contributed by atoms with Gasteiger partial charge in [0, 0.05) is 68.3 Å². The third-order valence-electron chi connectivity index (χ3n) is 8.38. The molecule has 0 radical (unpaired) electrons. The number of para-hydroxylation sites is 2. The molecule has 2 aliphatic rings. The van der Waals surface area contributed by atoms with Crippen molar-refractivity contribution in [2.24, 2.45) is 0 Å². The molecule has 2 aromatic carbocycles. The molecule has 2 amide bonds. The highest BCUT2D eigenvalue weighted by atomic mass is 16.5. The van der Waals surface area contributed by atoms with Crippen LogP contribution in [0.5, 0.6) is 5.75 Å². The van der Waals surface area contributed by atoms with E-state index in [0.29, 0.717) is 32.1 Å². The minimum absolute atomic E-state index is 0.0675. The summed E-state index contributed by atoms with van der Waals surface area (Å²) >= 11 is 0. The Balaban J connectivity index is 1.53. The number of methoxy groups -OCH3 is 1. The number of rotatable bonds is 6. The van der Waals surface area contributed by atoms with E-state index in [4.69, 9.17) is 4.74 Å². The van der Waals surface area contributed by atoms with E-state index in [9.17, 15) is 9.59 Å². The fraction of sp³-hybridized carbons (Fsp3) is 0.424. The number of amides is 2. The van der Waals surface area contributed by atoms with Crippen molar-refractivity contribution < 1.29 is 14.3 Å². The first-order valence-electron chi connectivity index (χ1n) is 14.5. The van der Waals surface area contributed by atoms with Crippen LogP contribution in [0.1, 0.15) is 55.7 Å². The van der Waals surface area contributed by atoms with Gasteiger partial charge in [0.15, 0.2) is 0 Å². The number of ether oxygens (including phenoxy) is 1. The Morgan fingerprint density at radius 1 is 0.925 bits per heavy atom. The van der Waals surface area contributed by atoms with Gasteiger partial charge in [0.2, 0.25) is 11.8 Å². The molecule has 1 aromatic heterocycles. The second-order valence-electron chi connectivity index (χ2n) is 10.8. The number of nitrogens with zero attached hydrogens (tertiary/aromatic N) is 4. The van der Waals surface area contributed by atoms with Crippen LogP contribution in [0, 0.1) is 0 Å². The Morgan fingerprint density at radius 3 is 2.48 bits per heavy atom. The number of hydrogen-bond acceptors (Lipinski definition) is 5. The summed E-state index contributed by atoms with van der Waals surface area (Å²) in [6.07, 6.45) is 8.55. The van der Waals surface area contributed by atoms with Crippen molar-refractivity contribution in [2.45, 2.75) is 70.6 Å². The van der Waals surface area contributed by atoms with Gasteiger partial charge in [-0.05, 0) is 54.7 Å². The maximum atomic E-state index is 14.1. The monoisotopic (exact) mass is 540 g/mol. The van der Waals surface area contributed by atoms with E-state index in [-0.39, 0.29) is 24.3 Å². The minimum Gasteiger partial charge on any atom is -0.496 e. The van der Waals surface area contributed by atoms with Crippen molar-refractivity contribution in [3.63, 3.8) is 0 Å². The molecular formula is C33H40N4O3. The number of aromatic nitrogens is 1. The molecule has 40 heavy (non-hydrogen) atoms. The Bertz CT molecular complexity index is 1300. The lowest BCUT2D eigenvalue weighted by Crippen LogP contribution is -2.52. The van der Waals surface area contributed by atoms with Crippen LogP contribution < -0.4 is 9.64 Å². The SMILES string of the molecule is CCC(=O)N1CCC2CCCC(CN(C(=O)Cc3ccccc3OC)Cc3ccccc31)N2Cc1ccncc1. The fourth-order valence-electron chi connectivity index (χ4n) is 6.28. The zero-order valence-corrected chi connectivity index (χ0v) is 23.7. The quantitative estimate of drug-likeness (QED) is 0.428. The molecule has 2 bridgehead atoms. The molecule has 0 saturated carbocycles. The first-order valence-corrected chi connectivity index (χ1v) is 14.5. The van der Waals surface area contributed by atoms with Crippen LogP contribution in [0.3, 0.4) is 0 Å². The number of hydrogen-bond donors (Lipinski definition) is 0. The zero-order valence-electron chi connectivity index (χ0n) is 23.7. The average molecular weight is 541 g/mol. The predicted molar refractivity (Wildman–Crippen MR) is 157 cm³/mol. The topological polar surface area (TPSA) is 66.0 Å². The van der Waals surface area contributed by atoms with E-state index in [1.54, 1.807) is 7.11 Å². The molecule has 7 nitrogen and oxygen atoms in total. The second-order valence-corrected chi connectivity index (χ2v) is 10.8. The molecular weight excluding hydrogens is 500 g/mol. The molecule has 1 saturated heterocycles. The third-order valence-corrected chi connectivity index (χ3v) is 8.38. The number of anilines is 1. The maximum Gasteiger partial charge on any atom is 0.227 e. The van der Waals surface area contributed by atoms with E-state index in [1.165, 1.54) is 5.56 Å². The lowest BCUT2D eigenvalue weighted by molar-refractivity contribution is -0.132. The summed E-state index contributed by atoms with van der Waals surface area (Å²) < 4.78 is 5.56. The molecule has 0 N–H and O–H groups in total. The van der Waals surface area contributed by atoms with Crippen molar-refractivity contribution in [1.82, 2.24) is 14.8 Å². The van der Waals surface area contributed by atoms with E-state index in [1.807, 2.05) is 71.6 Å². The van der Waals surface area contributed by atoms with Gasteiger partial charge in [-0.15, -0.1) is 0 Å². The molecule has 2 atom stereocenters. The highest BCUT2D eigenvalue weighted by Crippen LogP contribution is 2.32. The molecule has 2 unspecified atom stereocenters. The molecule has 0 aliphatic carbocycles. The number of pyridine rings is 1. The van der Waals surface area contributed by atoms with Gasteiger partial charge in [0.25, 0.3) is 0 Å². The van der Waals surface area contributed by atoms with Crippen LogP contribution in [0.25, 0.3) is 0 Å². The summed E-state index contributed by atoms with van der Waals surface area (Å²) in [5, 5.41) is 0. The Kier molecular flexibility index (Phi) is 9.12. The smallest absolute Gasteiger partial charge is 0.227 e. The summed E-state index contributed by atoms with van der Waals surface area (Å²) in [6, 6.07) is 20.5. The number of carbonyl (C=O) groups excluding carboxylic acids is 2. The molecule has 3 heterocycles. The van der Waals surface area contributed by atoms with Crippen LogP contribution in [0.15, 0.2) is 73.1 Å². The Hall–Kier alpha value is -3.71. The van der Waals surface area contributed by atoms with Gasteiger partial charge in [-0.25, -0.2) is 0 Å². The maximum absolute atomic E-state index is 14.1. The predicted octanol–water partition coefficient (Wildman–Crippen LogP) is 5.23. The lowest BCUT2D eigenvalue weighted by Gasteiger charge is -2.44. The van der Waals surface area contributed by atoms with E-state index in [2.05, 4.69) is 28.1 Å². The van der Waals surface area contributed by atoms with Crippen molar-refractivity contribution >= 4 is 17.5 Å². The molecule has 2 aliphatic heterocycles. The van der Waals surface area contributed by atoms with Crippen LogP contribution in [-0.4, -0.2) is 58.9 Å². The van der Waals surface area contributed by atoms with Gasteiger partial charge in [0.1, 0.15) is 5.75 Å². The first-order chi connectivity index (χ1) is 19.6. The average Bonchev–Trinajstić information content (AvgIpc) is 3.00. The van der Waals surface area contributed by atoms with E-state index < -0.39 is 0 Å². The Labute approximate surface area is 237 Å². The van der Waals surface area contributed by atoms with E-state index >= 15 is 0 Å². The van der Waals surface area contributed by atoms with Crippen LogP contribution in [-0.2, 0) is 29.1 Å². The third kappa shape index (κ3) is 6.36. The van der Waals surface area contributed by atoms with Crippen LogP contribution in [0.4, 0.5) is 5.69 Å². The minimum atomic E-state index is 0.0675. The fourth-order valence-corrected chi connectivity index (χ4v) is 6.28. The first kappa shape index (κ1) is 27.8. The lowest BCUT2D eigenvalue weighted by atomic mass is 9.92. The summed E-state index contributed by atoms with van der Waals surface area (Å²) in [7, 11) is 1.64. The molecule has 210 valence electrons. The van der Waals surface area contributed by atoms with Gasteiger partial charge in [-0.3, -0.25) is 19.5 Å². The van der Waals surface area contributed by atoms with Crippen molar-refractivity contribution in [2.75, 3.05) is 25.1 Å². The summed E-state index contributed by atoms with van der Waals surface area (Å²) in [4.78, 5) is 38.1. The normalized spacial score (nSPS) is 19.9. The standard InChI is InChI=1S/C33H40N4O3/c1-3-32(38)36-20-17-28-11-8-12-29(37(28)22-25-15-18-34-19-16-25)24-35(23-27-10-4-6-13-30(27)36)33(39)21-26-9-5-7-14-31(26)40-2/h4-7,9-10,13-16,18-19,28-29H,3,8,11-12,17,20-24H2,1-2H3. The van der Waals surface area contributed by atoms with Crippen LogP contribution in [0.2, 0.25) is 0 Å². The zero-order chi connectivity index (χ0) is 27.9. The number of carbonyl (C=O) groups is 2. The highest BCUT2D eigenvalue weighted by Gasteiger charge is 2.35. The van der Waals surface area contributed by atoms with Crippen molar-refractivity contribution in [1.29, 1.82) is 0 Å². The summed E-state index contributed by atoms with van der Waals surface area (Å²) in [5.41, 5.74) is 4.03. The summed E-state index contributed by atoms with van der Waals surface area (Å²) in [6.45, 7) is 4.50. The highest BCUT2D eigenvalue weighted by molar-refractivity contribution is 5.94. The molecule has 7 heteroatoms. The van der Waals surface area contributed by atoms with Crippen molar-refractivity contribution in [3.05, 3.63) is 89.7 Å². The number of fused-ring (bicyclic) bond motifs is 3. The molecule has 5 rings (SSSR count). The van der Waals surface area contributed by atoms with Gasteiger partial charge in [-0.1, -0.05) is 49.7 Å². The van der Waals surface area contributed by atoms with Crippen molar-refractivity contribution in [3.8, 4) is 5.75 Å². The molecule has 3 aromatic rings. The van der Waals surface area contributed by atoms with Gasteiger partial charge in [0.05, 0.1) is 13.5 Å². The van der Waals surface area contributed by atoms with Gasteiger partial charge in [-0.2, -0.15) is 0 Å². The molecule has 0 spiro atoms. The molecule has 1 fully saturated rings. The van der Waals surface area contributed by atoms with Crippen LogP contribution >= 0.6 is 0 Å². The summed E-state index contributed by atoms with van der Waals surface area (Å²) in [5.74, 6) is 0.912. The Morgan fingerprint density at radius 2 is 1.68 bits per heavy atom. The largest absolute Gasteiger partial charge is 0.496 e. The number of piperidine rings is 1. The number of benzene rings is 2. The van der Waals surface area contributed by atoms with E-state index in [0.717, 1.165) is 54.8 Å². The second kappa shape index (κ2) is 13.1. The van der Waals surface area contributed by atoms with Gasteiger partial charge < -0.3 is 14.5 Å².